The predicted octanol–water partition coefficient (Wildman–Crippen LogP) is 1.55. The third-order valence-corrected chi connectivity index (χ3v) is 2.03. The van der Waals surface area contributed by atoms with Crippen molar-refractivity contribution in [2.24, 2.45) is 0 Å². The van der Waals surface area contributed by atoms with Gasteiger partial charge in [0.25, 0.3) is 0 Å². The van der Waals surface area contributed by atoms with Gasteiger partial charge in [0.15, 0.2) is 0 Å². The highest BCUT2D eigenvalue weighted by Gasteiger charge is 2.01. The van der Waals surface area contributed by atoms with E-state index in [1.54, 1.807) is 12.1 Å². The zero-order chi connectivity index (χ0) is 10.4. The van der Waals surface area contributed by atoms with Crippen LogP contribution in [0.4, 0.5) is 0 Å². The highest BCUT2D eigenvalue weighted by atomic mass is 16.3. The van der Waals surface area contributed by atoms with Crippen LogP contribution in [-0.4, -0.2) is 17.7 Å². The first-order valence-electron chi connectivity index (χ1n) is 4.67. The number of hydrogen-bond acceptors (Lipinski definition) is 2. The van der Waals surface area contributed by atoms with Gasteiger partial charge >= 0.3 is 0 Å². The number of phenolic OH excluding ortho intramolecular Hbond substituents is 1. The van der Waals surface area contributed by atoms with Gasteiger partial charge in [-0.2, -0.15) is 0 Å². The summed E-state index contributed by atoms with van der Waals surface area (Å²) in [6, 6.07) is 7.59. The van der Waals surface area contributed by atoms with Crippen LogP contribution in [0, 0.1) is 12.3 Å². The van der Waals surface area contributed by atoms with Gasteiger partial charge in [0.1, 0.15) is 5.75 Å². The second-order valence-corrected chi connectivity index (χ2v) is 3.36. The quantitative estimate of drug-likeness (QED) is 0.704. The van der Waals surface area contributed by atoms with Crippen molar-refractivity contribution in [2.45, 2.75) is 19.4 Å². The molecule has 0 saturated heterocycles. The van der Waals surface area contributed by atoms with E-state index in [4.69, 9.17) is 11.5 Å². The van der Waals surface area contributed by atoms with E-state index in [1.807, 2.05) is 12.1 Å². The Morgan fingerprint density at radius 1 is 1.43 bits per heavy atom. The molecule has 2 nitrogen and oxygen atoms in total. The summed E-state index contributed by atoms with van der Waals surface area (Å²) in [5.74, 6) is 2.85. The topological polar surface area (TPSA) is 32.3 Å². The third kappa shape index (κ3) is 3.51. The molecule has 0 aliphatic carbocycles. The molecule has 2 N–H and O–H groups in total. The second-order valence-electron chi connectivity index (χ2n) is 3.36. The molecule has 0 saturated carbocycles. The molecule has 1 atom stereocenters. The molecule has 1 aromatic carbocycles. The maximum atomic E-state index is 9.09. The van der Waals surface area contributed by atoms with Gasteiger partial charge in [0.05, 0.1) is 6.54 Å². The fraction of sp³-hybridized carbons (Fsp3) is 0.333. The normalized spacial score (nSPS) is 12.0. The Bertz CT molecular complexity index is 310. The van der Waals surface area contributed by atoms with E-state index in [1.165, 1.54) is 5.56 Å². The fourth-order valence-corrected chi connectivity index (χ4v) is 1.29. The molecule has 0 radical (unpaired) electrons. The van der Waals surface area contributed by atoms with E-state index in [-0.39, 0.29) is 0 Å². The maximum Gasteiger partial charge on any atom is 0.115 e. The summed E-state index contributed by atoms with van der Waals surface area (Å²) in [5, 5.41) is 12.3. The zero-order valence-corrected chi connectivity index (χ0v) is 8.33. The van der Waals surface area contributed by atoms with Crippen molar-refractivity contribution in [3.63, 3.8) is 0 Å². The van der Waals surface area contributed by atoms with Crippen LogP contribution < -0.4 is 5.32 Å². The van der Waals surface area contributed by atoms with E-state index in [9.17, 15) is 0 Å². The minimum absolute atomic E-state index is 0.304. The lowest BCUT2D eigenvalue weighted by molar-refractivity contribution is 0.475. The van der Waals surface area contributed by atoms with Gasteiger partial charge in [-0.1, -0.05) is 18.1 Å². The van der Waals surface area contributed by atoms with Gasteiger partial charge in [-0.3, -0.25) is 0 Å². The van der Waals surface area contributed by atoms with Crippen LogP contribution in [-0.2, 0) is 6.42 Å². The smallest absolute Gasteiger partial charge is 0.115 e. The van der Waals surface area contributed by atoms with Crippen LogP contribution in [0.25, 0.3) is 0 Å². The molecule has 0 fully saturated rings. The standard InChI is InChI=1S/C12H15NO/c1-3-8-13-10(2)9-11-4-6-12(14)7-5-11/h1,4-7,10,13-14H,8-9H2,2H3/t10-/m1/s1. The number of phenols is 1. The Morgan fingerprint density at radius 2 is 2.07 bits per heavy atom. The number of nitrogens with one attached hydrogen (secondary N) is 1. The van der Waals surface area contributed by atoms with Gasteiger partial charge < -0.3 is 10.4 Å². The Labute approximate surface area is 85.0 Å². The van der Waals surface area contributed by atoms with Crippen LogP contribution in [0.3, 0.4) is 0 Å². The molecule has 0 aliphatic rings. The number of benzene rings is 1. The minimum atomic E-state index is 0.304. The summed E-state index contributed by atoms with van der Waals surface area (Å²) in [6.07, 6.45) is 6.06. The zero-order valence-electron chi connectivity index (χ0n) is 8.33. The Morgan fingerprint density at radius 3 is 2.64 bits per heavy atom. The highest BCUT2D eigenvalue weighted by molar-refractivity contribution is 5.26. The number of rotatable bonds is 4. The highest BCUT2D eigenvalue weighted by Crippen LogP contribution is 2.10. The molecule has 14 heavy (non-hydrogen) atoms. The summed E-state index contributed by atoms with van der Waals surface area (Å²) in [4.78, 5) is 0. The first-order valence-corrected chi connectivity index (χ1v) is 4.67. The Kier molecular flexibility index (Phi) is 4.03. The Balaban J connectivity index is 2.44. The van der Waals surface area contributed by atoms with Crippen LogP contribution >= 0.6 is 0 Å². The van der Waals surface area contributed by atoms with E-state index in [0.29, 0.717) is 18.3 Å². The summed E-state index contributed by atoms with van der Waals surface area (Å²) in [6.45, 7) is 2.68. The SMILES string of the molecule is C#CCN[C@H](C)Cc1ccc(O)cc1. The molecule has 0 amide bonds. The van der Waals surface area contributed by atoms with Gasteiger partial charge in [0, 0.05) is 6.04 Å². The molecular weight excluding hydrogens is 174 g/mol. The van der Waals surface area contributed by atoms with Crippen LogP contribution in [0.1, 0.15) is 12.5 Å². The lowest BCUT2D eigenvalue weighted by Crippen LogP contribution is -2.28. The van der Waals surface area contributed by atoms with E-state index in [0.717, 1.165) is 6.42 Å². The van der Waals surface area contributed by atoms with E-state index >= 15 is 0 Å². The number of aromatic hydroxyl groups is 1. The third-order valence-electron chi connectivity index (χ3n) is 2.03. The maximum absolute atomic E-state index is 9.09. The van der Waals surface area contributed by atoms with Crippen molar-refractivity contribution >= 4 is 0 Å². The molecule has 1 aromatic rings. The first-order chi connectivity index (χ1) is 6.72. The minimum Gasteiger partial charge on any atom is -0.508 e. The molecule has 0 heterocycles. The van der Waals surface area contributed by atoms with Crippen molar-refractivity contribution in [1.29, 1.82) is 0 Å². The van der Waals surface area contributed by atoms with Crippen LogP contribution in [0.5, 0.6) is 5.75 Å². The van der Waals surface area contributed by atoms with Gasteiger partial charge in [-0.15, -0.1) is 6.42 Å². The molecule has 2 heteroatoms. The molecule has 0 aliphatic heterocycles. The first kappa shape index (κ1) is 10.6. The van der Waals surface area contributed by atoms with Crippen molar-refractivity contribution in [1.82, 2.24) is 5.32 Å². The summed E-state index contributed by atoms with van der Waals surface area (Å²) < 4.78 is 0. The predicted molar refractivity (Wildman–Crippen MR) is 58.1 cm³/mol. The average Bonchev–Trinajstić information content (AvgIpc) is 2.18. The molecule has 0 aromatic heterocycles. The Hall–Kier alpha value is -1.46. The molecule has 74 valence electrons. The second kappa shape index (κ2) is 5.31. The van der Waals surface area contributed by atoms with Crippen molar-refractivity contribution in [3.05, 3.63) is 29.8 Å². The van der Waals surface area contributed by atoms with E-state index < -0.39 is 0 Å². The van der Waals surface area contributed by atoms with Gasteiger partial charge in [-0.25, -0.2) is 0 Å². The molecule has 0 spiro atoms. The summed E-state index contributed by atoms with van der Waals surface area (Å²) in [7, 11) is 0. The molecule has 1 rings (SSSR count). The number of terminal acetylenes is 1. The van der Waals surface area contributed by atoms with Crippen LogP contribution in [0.2, 0.25) is 0 Å². The van der Waals surface area contributed by atoms with E-state index in [2.05, 4.69) is 18.2 Å². The van der Waals surface area contributed by atoms with Crippen molar-refractivity contribution in [3.8, 4) is 18.1 Å². The largest absolute Gasteiger partial charge is 0.508 e. The summed E-state index contributed by atoms with van der Waals surface area (Å²) >= 11 is 0. The van der Waals surface area contributed by atoms with Crippen molar-refractivity contribution in [2.75, 3.05) is 6.54 Å². The van der Waals surface area contributed by atoms with Gasteiger partial charge in [0.2, 0.25) is 0 Å². The van der Waals surface area contributed by atoms with Crippen molar-refractivity contribution < 1.29 is 5.11 Å². The fourth-order valence-electron chi connectivity index (χ4n) is 1.29. The number of hydrogen-bond donors (Lipinski definition) is 2. The van der Waals surface area contributed by atoms with Gasteiger partial charge in [-0.05, 0) is 31.0 Å². The lowest BCUT2D eigenvalue weighted by Gasteiger charge is -2.11. The molecular formula is C12H15NO. The molecule has 0 unspecified atom stereocenters. The monoisotopic (exact) mass is 189 g/mol. The lowest BCUT2D eigenvalue weighted by atomic mass is 10.1. The summed E-state index contributed by atoms with van der Waals surface area (Å²) in [5.41, 5.74) is 1.19. The molecule has 0 bridgehead atoms. The average molecular weight is 189 g/mol. The van der Waals surface area contributed by atoms with Crippen LogP contribution in [0.15, 0.2) is 24.3 Å².